The summed E-state index contributed by atoms with van der Waals surface area (Å²) in [5, 5.41) is 11.5. The average molecular weight is 424 g/mol. The number of carboxylic acid groups (broad SMARTS) is 1. The molecule has 0 spiro atoms. The Bertz CT molecular complexity index is 913. The standard InChI is InChI=1S/C24H28N2O5/c1-3-16(14-22(27)26(2)13-12-23(28)29)25-24(30)31-15-21-19-10-6-4-8-17(19)18-9-5-7-11-20(18)21/h4-11,16,21H,3,12-15H2,1-2H3,(H,25,30)(H,28,29). The number of alkyl carbamates (subject to hydrolysis) is 1. The van der Waals surface area contributed by atoms with Crippen LogP contribution >= 0.6 is 0 Å². The molecule has 7 heteroatoms. The second-order valence-electron chi connectivity index (χ2n) is 7.74. The van der Waals surface area contributed by atoms with E-state index >= 15 is 0 Å². The van der Waals surface area contributed by atoms with Gasteiger partial charge in [-0.05, 0) is 28.7 Å². The van der Waals surface area contributed by atoms with Crippen LogP contribution in [-0.2, 0) is 14.3 Å². The first-order chi connectivity index (χ1) is 14.9. The van der Waals surface area contributed by atoms with Gasteiger partial charge < -0.3 is 20.1 Å². The largest absolute Gasteiger partial charge is 0.481 e. The van der Waals surface area contributed by atoms with E-state index in [2.05, 4.69) is 29.6 Å². The molecule has 1 aliphatic carbocycles. The summed E-state index contributed by atoms with van der Waals surface area (Å²) in [5.41, 5.74) is 4.60. The lowest BCUT2D eigenvalue weighted by Crippen LogP contribution is -2.40. The number of hydrogen-bond acceptors (Lipinski definition) is 4. The van der Waals surface area contributed by atoms with Crippen LogP contribution in [0.15, 0.2) is 48.5 Å². The number of rotatable bonds is 9. The number of aliphatic carboxylic acids is 1. The van der Waals surface area contributed by atoms with E-state index in [4.69, 9.17) is 9.84 Å². The third-order valence-electron chi connectivity index (χ3n) is 5.67. The highest BCUT2D eigenvalue weighted by Crippen LogP contribution is 2.44. The third kappa shape index (κ3) is 5.42. The molecule has 0 bridgehead atoms. The lowest BCUT2D eigenvalue weighted by atomic mass is 9.98. The molecule has 2 aromatic carbocycles. The fraction of sp³-hybridized carbons (Fsp3) is 0.375. The quantitative estimate of drug-likeness (QED) is 0.641. The molecule has 2 N–H and O–H groups in total. The molecule has 1 aliphatic rings. The number of ether oxygens (including phenoxy) is 1. The van der Waals surface area contributed by atoms with E-state index in [9.17, 15) is 14.4 Å². The number of carbonyl (C=O) groups is 3. The lowest BCUT2D eigenvalue weighted by Gasteiger charge is -2.22. The van der Waals surface area contributed by atoms with Crippen molar-refractivity contribution in [2.45, 2.75) is 38.1 Å². The summed E-state index contributed by atoms with van der Waals surface area (Å²) in [6.07, 6.45) is -0.0204. The fourth-order valence-electron chi connectivity index (χ4n) is 3.86. The predicted octanol–water partition coefficient (Wildman–Crippen LogP) is 3.63. The van der Waals surface area contributed by atoms with Crippen LogP contribution in [0.25, 0.3) is 11.1 Å². The van der Waals surface area contributed by atoms with Gasteiger partial charge in [-0.15, -0.1) is 0 Å². The van der Waals surface area contributed by atoms with E-state index in [1.807, 2.05) is 31.2 Å². The molecule has 0 saturated heterocycles. The SMILES string of the molecule is CCC(CC(=O)N(C)CCC(=O)O)NC(=O)OCC1c2ccccc2-c2ccccc21. The zero-order valence-electron chi connectivity index (χ0n) is 17.8. The summed E-state index contributed by atoms with van der Waals surface area (Å²) >= 11 is 0. The smallest absolute Gasteiger partial charge is 0.407 e. The van der Waals surface area contributed by atoms with E-state index in [1.54, 1.807) is 7.05 Å². The molecule has 1 atom stereocenters. The van der Waals surface area contributed by atoms with Crippen LogP contribution < -0.4 is 5.32 Å². The summed E-state index contributed by atoms with van der Waals surface area (Å²) in [7, 11) is 1.56. The number of amides is 2. The molecule has 0 saturated carbocycles. The Kier molecular flexibility index (Phi) is 7.28. The van der Waals surface area contributed by atoms with E-state index < -0.39 is 12.1 Å². The Morgan fingerprint density at radius 2 is 1.65 bits per heavy atom. The highest BCUT2D eigenvalue weighted by atomic mass is 16.5. The van der Waals surface area contributed by atoms with Gasteiger partial charge in [0.15, 0.2) is 0 Å². The van der Waals surface area contributed by atoms with Crippen molar-refractivity contribution < 1.29 is 24.2 Å². The molecule has 0 radical (unpaired) electrons. The topological polar surface area (TPSA) is 95.9 Å². The van der Waals surface area contributed by atoms with Crippen molar-refractivity contribution in [2.75, 3.05) is 20.2 Å². The van der Waals surface area contributed by atoms with Crippen molar-refractivity contribution >= 4 is 18.0 Å². The fourth-order valence-corrected chi connectivity index (χ4v) is 3.86. The molecular weight excluding hydrogens is 396 g/mol. The van der Waals surface area contributed by atoms with Crippen molar-refractivity contribution in [2.24, 2.45) is 0 Å². The first-order valence-corrected chi connectivity index (χ1v) is 10.5. The number of carbonyl (C=O) groups excluding carboxylic acids is 2. The van der Waals surface area contributed by atoms with Crippen molar-refractivity contribution in [3.8, 4) is 11.1 Å². The normalized spacial score (nSPS) is 13.1. The zero-order valence-corrected chi connectivity index (χ0v) is 17.8. The summed E-state index contributed by atoms with van der Waals surface area (Å²) < 4.78 is 5.54. The first-order valence-electron chi connectivity index (χ1n) is 10.5. The van der Waals surface area contributed by atoms with Crippen molar-refractivity contribution in [3.05, 3.63) is 59.7 Å². The summed E-state index contributed by atoms with van der Waals surface area (Å²) in [5.74, 6) is -1.20. The van der Waals surface area contributed by atoms with Crippen LogP contribution in [0, 0.1) is 0 Å². The van der Waals surface area contributed by atoms with E-state index in [1.165, 1.54) is 4.90 Å². The van der Waals surface area contributed by atoms with Gasteiger partial charge in [-0.25, -0.2) is 4.79 Å². The van der Waals surface area contributed by atoms with Gasteiger partial charge in [0.25, 0.3) is 0 Å². The van der Waals surface area contributed by atoms with Gasteiger partial charge in [0.1, 0.15) is 6.61 Å². The summed E-state index contributed by atoms with van der Waals surface area (Å²) in [6, 6.07) is 15.9. The Labute approximate surface area is 182 Å². The number of fused-ring (bicyclic) bond motifs is 3. The monoisotopic (exact) mass is 424 g/mol. The van der Waals surface area contributed by atoms with Crippen LogP contribution in [0.4, 0.5) is 4.79 Å². The van der Waals surface area contributed by atoms with Crippen LogP contribution in [0.5, 0.6) is 0 Å². The number of hydrogen-bond donors (Lipinski definition) is 2. The maximum Gasteiger partial charge on any atom is 0.407 e. The molecular formula is C24H28N2O5. The molecule has 2 amide bonds. The molecule has 0 aliphatic heterocycles. The van der Waals surface area contributed by atoms with E-state index in [0.29, 0.717) is 6.42 Å². The third-order valence-corrected chi connectivity index (χ3v) is 5.67. The molecule has 3 rings (SSSR count). The van der Waals surface area contributed by atoms with Gasteiger partial charge in [-0.3, -0.25) is 9.59 Å². The van der Waals surface area contributed by atoms with Crippen LogP contribution in [0.2, 0.25) is 0 Å². The molecule has 31 heavy (non-hydrogen) atoms. The molecule has 0 aromatic heterocycles. The van der Waals surface area contributed by atoms with Crippen molar-refractivity contribution in [1.82, 2.24) is 10.2 Å². The minimum absolute atomic E-state index is 0.0259. The average Bonchev–Trinajstić information content (AvgIpc) is 3.09. The van der Waals surface area contributed by atoms with Gasteiger partial charge in [-0.2, -0.15) is 0 Å². The maximum atomic E-state index is 12.4. The second kappa shape index (κ2) is 10.1. The molecule has 0 heterocycles. The predicted molar refractivity (Wildman–Crippen MR) is 117 cm³/mol. The van der Waals surface area contributed by atoms with Gasteiger partial charge in [0.2, 0.25) is 5.91 Å². The van der Waals surface area contributed by atoms with Crippen molar-refractivity contribution in [3.63, 3.8) is 0 Å². The van der Waals surface area contributed by atoms with Gasteiger partial charge in [0.05, 0.1) is 6.42 Å². The van der Waals surface area contributed by atoms with Crippen LogP contribution in [-0.4, -0.2) is 54.2 Å². The van der Waals surface area contributed by atoms with Gasteiger partial charge >= 0.3 is 12.1 Å². The molecule has 0 fully saturated rings. The minimum atomic E-state index is -0.955. The summed E-state index contributed by atoms with van der Waals surface area (Å²) in [4.78, 5) is 36.8. The van der Waals surface area contributed by atoms with Crippen LogP contribution in [0.3, 0.4) is 0 Å². The first kappa shape index (κ1) is 22.3. The second-order valence-corrected chi connectivity index (χ2v) is 7.74. The number of benzene rings is 2. The zero-order chi connectivity index (χ0) is 22.4. The number of nitrogens with one attached hydrogen (secondary N) is 1. The minimum Gasteiger partial charge on any atom is -0.481 e. The Hall–Kier alpha value is -3.35. The molecule has 2 aromatic rings. The lowest BCUT2D eigenvalue weighted by molar-refractivity contribution is -0.138. The van der Waals surface area contributed by atoms with E-state index in [-0.39, 0.29) is 43.9 Å². The van der Waals surface area contributed by atoms with Crippen molar-refractivity contribution in [1.29, 1.82) is 0 Å². The number of carboxylic acids is 1. The highest BCUT2D eigenvalue weighted by molar-refractivity contribution is 5.80. The van der Waals surface area contributed by atoms with E-state index in [0.717, 1.165) is 22.3 Å². The Morgan fingerprint density at radius 1 is 1.06 bits per heavy atom. The molecule has 164 valence electrons. The Morgan fingerprint density at radius 3 is 2.19 bits per heavy atom. The summed E-state index contributed by atoms with van der Waals surface area (Å²) in [6.45, 7) is 2.22. The molecule has 7 nitrogen and oxygen atoms in total. The highest BCUT2D eigenvalue weighted by Gasteiger charge is 2.29. The van der Waals surface area contributed by atoms with Crippen LogP contribution in [0.1, 0.15) is 43.2 Å². The maximum absolute atomic E-state index is 12.4. The van der Waals surface area contributed by atoms with Gasteiger partial charge in [-0.1, -0.05) is 55.5 Å². The number of nitrogens with zero attached hydrogens (tertiary/aromatic N) is 1. The molecule has 1 unspecified atom stereocenters. The van der Waals surface area contributed by atoms with Gasteiger partial charge in [0, 0.05) is 32.0 Å². The Balaban J connectivity index is 1.56.